The maximum absolute atomic E-state index is 11.9. The van der Waals surface area contributed by atoms with Crippen LogP contribution in [0.5, 0.6) is 11.5 Å². The number of methoxy groups -OCH3 is 2. The number of hydrogen-bond acceptors (Lipinski definition) is 4. The van der Waals surface area contributed by atoms with E-state index in [-0.39, 0.29) is 5.56 Å². The monoisotopic (exact) mass is 248 g/mol. The largest absolute Gasteiger partial charge is 0.493 e. The Morgan fingerprint density at radius 2 is 1.83 bits per heavy atom. The Morgan fingerprint density at radius 1 is 1.17 bits per heavy atom. The highest BCUT2D eigenvalue weighted by Gasteiger charge is 2.09. The Hall–Kier alpha value is -2.01. The number of hydrogen-bond donors (Lipinski definition) is 2. The van der Waals surface area contributed by atoms with Gasteiger partial charge in [-0.15, -0.1) is 0 Å². The Kier molecular flexibility index (Phi) is 3.53. The number of aromatic nitrogens is 1. The highest BCUT2D eigenvalue weighted by Crippen LogP contribution is 2.30. The molecule has 0 unspecified atom stereocenters. The minimum atomic E-state index is -0.142. The second-order valence-electron chi connectivity index (χ2n) is 3.96. The Labute approximate surface area is 105 Å². The summed E-state index contributed by atoms with van der Waals surface area (Å²) in [6.45, 7) is 0.495. The molecule has 0 radical (unpaired) electrons. The third-order valence-electron chi connectivity index (χ3n) is 2.82. The van der Waals surface area contributed by atoms with E-state index in [9.17, 15) is 4.79 Å². The van der Waals surface area contributed by atoms with E-state index < -0.39 is 0 Å². The molecule has 2 aromatic rings. The van der Waals surface area contributed by atoms with Crippen LogP contribution in [0.2, 0.25) is 0 Å². The van der Waals surface area contributed by atoms with Crippen molar-refractivity contribution < 1.29 is 9.47 Å². The molecule has 1 heterocycles. The van der Waals surface area contributed by atoms with Crippen molar-refractivity contribution in [2.75, 3.05) is 20.8 Å². The van der Waals surface area contributed by atoms with Gasteiger partial charge in [0.2, 0.25) is 0 Å². The maximum Gasteiger partial charge on any atom is 0.256 e. The van der Waals surface area contributed by atoms with Crippen LogP contribution < -0.4 is 20.8 Å². The first-order chi connectivity index (χ1) is 8.69. The van der Waals surface area contributed by atoms with Gasteiger partial charge in [0.05, 0.1) is 19.6 Å². The van der Waals surface area contributed by atoms with Crippen molar-refractivity contribution in [1.29, 1.82) is 0 Å². The summed E-state index contributed by atoms with van der Waals surface area (Å²) in [6, 6.07) is 5.38. The number of H-pyrrole nitrogens is 1. The molecule has 0 aliphatic carbocycles. The van der Waals surface area contributed by atoms with Gasteiger partial charge in [-0.05, 0) is 36.6 Å². The van der Waals surface area contributed by atoms with Gasteiger partial charge in [0, 0.05) is 5.69 Å². The van der Waals surface area contributed by atoms with E-state index in [4.69, 9.17) is 15.2 Å². The number of aromatic amines is 1. The first-order valence-electron chi connectivity index (χ1n) is 5.67. The quantitative estimate of drug-likeness (QED) is 0.847. The molecule has 96 valence electrons. The first kappa shape index (κ1) is 12.4. The molecule has 0 aliphatic heterocycles. The molecular formula is C13H16N2O3. The van der Waals surface area contributed by atoms with Crippen LogP contribution in [0.1, 0.15) is 5.69 Å². The van der Waals surface area contributed by atoms with Gasteiger partial charge >= 0.3 is 0 Å². The summed E-state index contributed by atoms with van der Waals surface area (Å²) in [7, 11) is 3.11. The van der Waals surface area contributed by atoms with Crippen molar-refractivity contribution >= 4 is 10.8 Å². The zero-order valence-corrected chi connectivity index (χ0v) is 10.4. The van der Waals surface area contributed by atoms with Gasteiger partial charge in [-0.3, -0.25) is 4.79 Å². The van der Waals surface area contributed by atoms with Crippen molar-refractivity contribution in [1.82, 2.24) is 4.98 Å². The van der Waals surface area contributed by atoms with Crippen molar-refractivity contribution in [3.05, 3.63) is 34.2 Å². The summed E-state index contributed by atoms with van der Waals surface area (Å²) in [4.78, 5) is 14.8. The minimum absolute atomic E-state index is 0.142. The molecule has 3 N–H and O–H groups in total. The maximum atomic E-state index is 11.9. The van der Waals surface area contributed by atoms with Gasteiger partial charge in [-0.2, -0.15) is 0 Å². The summed E-state index contributed by atoms with van der Waals surface area (Å²) in [5.41, 5.74) is 6.17. The SMILES string of the molecule is COc1cc2cc(CCN)[nH]c(=O)c2cc1OC. The number of pyridine rings is 1. The van der Waals surface area contributed by atoms with Crippen LogP contribution in [-0.4, -0.2) is 25.7 Å². The van der Waals surface area contributed by atoms with Crippen LogP contribution in [0.25, 0.3) is 10.8 Å². The normalized spacial score (nSPS) is 10.6. The molecule has 0 amide bonds. The third kappa shape index (κ3) is 2.17. The third-order valence-corrected chi connectivity index (χ3v) is 2.82. The fraction of sp³-hybridized carbons (Fsp3) is 0.308. The number of fused-ring (bicyclic) bond motifs is 1. The van der Waals surface area contributed by atoms with E-state index in [2.05, 4.69) is 4.98 Å². The van der Waals surface area contributed by atoms with E-state index >= 15 is 0 Å². The van der Waals surface area contributed by atoms with E-state index in [0.717, 1.165) is 11.1 Å². The Bertz CT molecular complexity index is 619. The molecule has 0 saturated heterocycles. The van der Waals surface area contributed by atoms with E-state index in [0.29, 0.717) is 29.9 Å². The van der Waals surface area contributed by atoms with Crippen LogP contribution in [0, 0.1) is 0 Å². The lowest BCUT2D eigenvalue weighted by atomic mass is 10.1. The summed E-state index contributed by atoms with van der Waals surface area (Å²) in [5, 5.41) is 1.40. The van der Waals surface area contributed by atoms with Gasteiger partial charge < -0.3 is 20.2 Å². The molecule has 5 nitrogen and oxygen atoms in total. The number of ether oxygens (including phenoxy) is 2. The molecule has 0 spiro atoms. The first-order valence-corrected chi connectivity index (χ1v) is 5.67. The Morgan fingerprint density at radius 3 is 2.44 bits per heavy atom. The molecule has 0 atom stereocenters. The predicted molar refractivity (Wildman–Crippen MR) is 70.4 cm³/mol. The smallest absolute Gasteiger partial charge is 0.256 e. The molecule has 0 fully saturated rings. The standard InChI is InChI=1S/C13H16N2O3/c1-17-11-6-8-5-9(3-4-14)15-13(16)10(8)7-12(11)18-2/h5-7H,3-4,14H2,1-2H3,(H,15,16). The van der Waals surface area contributed by atoms with E-state index in [1.165, 1.54) is 0 Å². The van der Waals surface area contributed by atoms with Gasteiger partial charge in [-0.1, -0.05) is 0 Å². The van der Waals surface area contributed by atoms with Gasteiger partial charge in [0.15, 0.2) is 11.5 Å². The summed E-state index contributed by atoms with van der Waals surface area (Å²) < 4.78 is 10.4. The predicted octanol–water partition coefficient (Wildman–Crippen LogP) is 1.05. The highest BCUT2D eigenvalue weighted by atomic mass is 16.5. The molecular weight excluding hydrogens is 232 g/mol. The molecule has 0 aliphatic rings. The molecule has 18 heavy (non-hydrogen) atoms. The lowest BCUT2D eigenvalue weighted by molar-refractivity contribution is 0.356. The average Bonchev–Trinajstić information content (AvgIpc) is 2.37. The van der Waals surface area contributed by atoms with Crippen LogP contribution in [0.3, 0.4) is 0 Å². The number of benzene rings is 1. The zero-order valence-electron chi connectivity index (χ0n) is 10.4. The van der Waals surface area contributed by atoms with E-state index in [1.54, 1.807) is 26.4 Å². The van der Waals surface area contributed by atoms with Crippen molar-refractivity contribution in [2.24, 2.45) is 5.73 Å². The number of nitrogens with two attached hydrogens (primary N) is 1. The van der Waals surface area contributed by atoms with Gasteiger partial charge in [0.25, 0.3) is 5.56 Å². The van der Waals surface area contributed by atoms with Crippen LogP contribution in [-0.2, 0) is 6.42 Å². The van der Waals surface area contributed by atoms with Gasteiger partial charge in [-0.25, -0.2) is 0 Å². The molecule has 1 aromatic heterocycles. The van der Waals surface area contributed by atoms with Crippen LogP contribution in [0.15, 0.2) is 23.0 Å². The van der Waals surface area contributed by atoms with Crippen LogP contribution in [0.4, 0.5) is 0 Å². The summed E-state index contributed by atoms with van der Waals surface area (Å²) in [5.74, 6) is 1.15. The summed E-state index contributed by atoms with van der Waals surface area (Å²) in [6.07, 6.45) is 0.638. The molecule has 0 bridgehead atoms. The highest BCUT2D eigenvalue weighted by molar-refractivity contribution is 5.85. The molecule has 1 aromatic carbocycles. The topological polar surface area (TPSA) is 77.3 Å². The molecule has 5 heteroatoms. The second kappa shape index (κ2) is 5.10. The van der Waals surface area contributed by atoms with E-state index in [1.807, 2.05) is 6.07 Å². The second-order valence-corrected chi connectivity index (χ2v) is 3.96. The minimum Gasteiger partial charge on any atom is -0.493 e. The fourth-order valence-electron chi connectivity index (χ4n) is 1.94. The number of nitrogens with one attached hydrogen (secondary N) is 1. The summed E-state index contributed by atoms with van der Waals surface area (Å²) >= 11 is 0. The van der Waals surface area contributed by atoms with Crippen molar-refractivity contribution in [2.45, 2.75) is 6.42 Å². The average molecular weight is 248 g/mol. The number of rotatable bonds is 4. The lowest BCUT2D eigenvalue weighted by Gasteiger charge is -2.09. The van der Waals surface area contributed by atoms with Gasteiger partial charge in [0.1, 0.15) is 0 Å². The van der Waals surface area contributed by atoms with Crippen molar-refractivity contribution in [3.8, 4) is 11.5 Å². The Balaban J connectivity index is 2.68. The van der Waals surface area contributed by atoms with Crippen molar-refractivity contribution in [3.63, 3.8) is 0 Å². The van der Waals surface area contributed by atoms with Crippen LogP contribution >= 0.6 is 0 Å². The lowest BCUT2D eigenvalue weighted by Crippen LogP contribution is -2.12. The fourth-order valence-corrected chi connectivity index (χ4v) is 1.94. The molecule has 2 rings (SSSR count). The molecule has 0 saturated carbocycles. The zero-order chi connectivity index (χ0) is 13.1.